The minimum atomic E-state index is -0.551. The van der Waals surface area contributed by atoms with Gasteiger partial charge in [0.15, 0.2) is 0 Å². The average Bonchev–Trinajstić information content (AvgIpc) is 2.26. The van der Waals surface area contributed by atoms with Crippen LogP contribution in [0.15, 0.2) is 33.7 Å². The summed E-state index contributed by atoms with van der Waals surface area (Å²) >= 11 is 8.58. The highest BCUT2D eigenvalue weighted by Crippen LogP contribution is 2.21. The van der Waals surface area contributed by atoms with E-state index in [2.05, 4.69) is 25.9 Å². The van der Waals surface area contributed by atoms with E-state index in [1.807, 2.05) is 0 Å². The molecule has 0 fully saturated rings. The molecule has 2 aromatic rings. The van der Waals surface area contributed by atoms with Crippen molar-refractivity contribution in [1.29, 1.82) is 0 Å². The van der Waals surface area contributed by atoms with Crippen LogP contribution in [0, 0.1) is 5.82 Å². The molecule has 1 heterocycles. The second kappa shape index (κ2) is 4.35. The molecule has 16 heavy (non-hydrogen) atoms. The number of nitrogens with one attached hydrogen (secondary N) is 1. The third-order valence-electron chi connectivity index (χ3n) is 1.95. The van der Waals surface area contributed by atoms with Gasteiger partial charge in [0.25, 0.3) is 5.56 Å². The molecule has 0 bridgehead atoms. The van der Waals surface area contributed by atoms with Crippen LogP contribution in [0.2, 0.25) is 5.02 Å². The highest BCUT2D eigenvalue weighted by Gasteiger charge is 2.06. The van der Waals surface area contributed by atoms with Gasteiger partial charge in [0.2, 0.25) is 0 Å². The lowest BCUT2D eigenvalue weighted by molar-refractivity contribution is 0.628. The van der Waals surface area contributed by atoms with Crippen LogP contribution in [-0.4, -0.2) is 9.97 Å². The van der Waals surface area contributed by atoms with E-state index in [-0.39, 0.29) is 10.6 Å². The van der Waals surface area contributed by atoms with Gasteiger partial charge in [-0.2, -0.15) is 0 Å². The van der Waals surface area contributed by atoms with E-state index in [9.17, 15) is 9.18 Å². The molecular formula is C10H5BrClFN2O. The highest BCUT2D eigenvalue weighted by molar-refractivity contribution is 9.10. The Labute approximate surface area is 103 Å². The fourth-order valence-electron chi connectivity index (χ4n) is 1.17. The summed E-state index contributed by atoms with van der Waals surface area (Å²) in [6, 6.07) is 4.21. The minimum Gasteiger partial charge on any atom is -0.306 e. The smallest absolute Gasteiger partial charge is 0.265 e. The monoisotopic (exact) mass is 302 g/mol. The Morgan fingerprint density at radius 2 is 2.19 bits per heavy atom. The SMILES string of the molecule is O=c1[nH]c(-c2ccc(Cl)c(F)c2)ncc1Br. The molecule has 0 saturated carbocycles. The number of rotatable bonds is 1. The van der Waals surface area contributed by atoms with Crippen LogP contribution in [0.1, 0.15) is 0 Å². The molecule has 3 nitrogen and oxygen atoms in total. The summed E-state index contributed by atoms with van der Waals surface area (Å²) in [7, 11) is 0. The zero-order valence-electron chi connectivity index (χ0n) is 7.80. The summed E-state index contributed by atoms with van der Waals surface area (Å²) in [6.45, 7) is 0. The second-order valence-corrected chi connectivity index (χ2v) is 4.30. The Kier molecular flexibility index (Phi) is 3.07. The van der Waals surface area contributed by atoms with E-state index in [0.717, 1.165) is 0 Å². The Morgan fingerprint density at radius 1 is 1.44 bits per heavy atom. The summed E-state index contributed by atoms with van der Waals surface area (Å²) in [5, 5.41) is 0.0307. The van der Waals surface area contributed by atoms with Gasteiger partial charge in [-0.05, 0) is 34.1 Å². The predicted octanol–water partition coefficient (Wildman–Crippen LogP) is 2.99. The first kappa shape index (κ1) is 11.3. The highest BCUT2D eigenvalue weighted by atomic mass is 79.9. The first-order chi connectivity index (χ1) is 7.58. The van der Waals surface area contributed by atoms with Gasteiger partial charge in [-0.25, -0.2) is 9.37 Å². The van der Waals surface area contributed by atoms with Gasteiger partial charge >= 0.3 is 0 Å². The summed E-state index contributed by atoms with van der Waals surface area (Å²) in [5.74, 6) is -0.256. The van der Waals surface area contributed by atoms with Crippen molar-refractivity contribution in [3.05, 3.63) is 50.1 Å². The molecule has 6 heteroatoms. The number of hydrogen-bond acceptors (Lipinski definition) is 2. The molecule has 0 saturated heterocycles. The van der Waals surface area contributed by atoms with E-state index in [1.165, 1.54) is 18.3 Å². The van der Waals surface area contributed by atoms with Crippen molar-refractivity contribution in [2.45, 2.75) is 0 Å². The van der Waals surface area contributed by atoms with Crippen LogP contribution in [0.25, 0.3) is 11.4 Å². The first-order valence-electron chi connectivity index (χ1n) is 4.28. The molecule has 82 valence electrons. The number of nitrogens with zero attached hydrogens (tertiary/aromatic N) is 1. The zero-order chi connectivity index (χ0) is 11.7. The Balaban J connectivity index is 2.55. The number of aromatic nitrogens is 2. The fraction of sp³-hybridized carbons (Fsp3) is 0. The lowest BCUT2D eigenvalue weighted by Gasteiger charge is -2.01. The maximum atomic E-state index is 13.2. The lowest BCUT2D eigenvalue weighted by atomic mass is 10.2. The largest absolute Gasteiger partial charge is 0.306 e. The van der Waals surface area contributed by atoms with Crippen molar-refractivity contribution >= 4 is 27.5 Å². The first-order valence-corrected chi connectivity index (χ1v) is 5.45. The predicted molar refractivity (Wildman–Crippen MR) is 63.0 cm³/mol. The maximum absolute atomic E-state index is 13.2. The molecule has 0 radical (unpaired) electrons. The average molecular weight is 304 g/mol. The molecule has 0 aliphatic heterocycles. The van der Waals surface area contributed by atoms with Gasteiger partial charge in [0.1, 0.15) is 16.1 Å². The Bertz CT molecular complexity index is 600. The van der Waals surface area contributed by atoms with E-state index in [4.69, 9.17) is 11.6 Å². The molecular weight excluding hydrogens is 298 g/mol. The number of benzene rings is 1. The summed E-state index contributed by atoms with van der Waals surface area (Å²) in [5.41, 5.74) is 0.145. The fourth-order valence-corrected chi connectivity index (χ4v) is 1.49. The summed E-state index contributed by atoms with van der Waals surface area (Å²) < 4.78 is 13.5. The van der Waals surface area contributed by atoms with E-state index in [1.54, 1.807) is 6.07 Å². The van der Waals surface area contributed by atoms with E-state index >= 15 is 0 Å². The molecule has 2 rings (SSSR count). The number of H-pyrrole nitrogens is 1. The Hall–Kier alpha value is -1.20. The van der Waals surface area contributed by atoms with Crippen molar-refractivity contribution < 1.29 is 4.39 Å². The molecule has 1 aromatic carbocycles. The number of aromatic amines is 1. The van der Waals surface area contributed by atoms with Crippen LogP contribution in [0.3, 0.4) is 0 Å². The quantitative estimate of drug-likeness (QED) is 0.880. The van der Waals surface area contributed by atoms with E-state index < -0.39 is 5.82 Å². The number of halogens is 3. The van der Waals surface area contributed by atoms with Gasteiger partial charge in [0.05, 0.1) is 5.02 Å². The summed E-state index contributed by atoms with van der Waals surface area (Å²) in [4.78, 5) is 17.8. The molecule has 1 N–H and O–H groups in total. The topological polar surface area (TPSA) is 45.8 Å². The van der Waals surface area contributed by atoms with Crippen LogP contribution < -0.4 is 5.56 Å². The van der Waals surface area contributed by atoms with Crippen LogP contribution in [0.5, 0.6) is 0 Å². The molecule has 1 aromatic heterocycles. The molecule has 0 aliphatic rings. The van der Waals surface area contributed by atoms with Crippen molar-refractivity contribution in [1.82, 2.24) is 9.97 Å². The van der Waals surface area contributed by atoms with Crippen molar-refractivity contribution in [3.8, 4) is 11.4 Å². The van der Waals surface area contributed by atoms with Crippen LogP contribution in [-0.2, 0) is 0 Å². The molecule has 0 atom stereocenters. The second-order valence-electron chi connectivity index (χ2n) is 3.04. The molecule has 0 amide bonds. The molecule has 0 unspecified atom stereocenters. The van der Waals surface area contributed by atoms with Gasteiger partial charge in [0, 0.05) is 11.8 Å². The molecule has 0 aliphatic carbocycles. The van der Waals surface area contributed by atoms with Crippen LogP contribution in [0.4, 0.5) is 4.39 Å². The van der Waals surface area contributed by atoms with Crippen molar-refractivity contribution in [2.24, 2.45) is 0 Å². The third kappa shape index (κ3) is 2.15. The maximum Gasteiger partial charge on any atom is 0.265 e. The standard InChI is InChI=1S/C10H5BrClFN2O/c11-6-4-14-9(15-10(6)16)5-1-2-7(12)8(13)3-5/h1-4H,(H,14,15,16). The van der Waals surface area contributed by atoms with Crippen LogP contribution >= 0.6 is 27.5 Å². The third-order valence-corrected chi connectivity index (χ3v) is 2.82. The minimum absolute atomic E-state index is 0.0307. The van der Waals surface area contributed by atoms with Gasteiger partial charge in [-0.15, -0.1) is 0 Å². The normalized spacial score (nSPS) is 10.4. The van der Waals surface area contributed by atoms with Crippen molar-refractivity contribution in [3.63, 3.8) is 0 Å². The molecule has 0 spiro atoms. The number of hydrogen-bond donors (Lipinski definition) is 1. The van der Waals surface area contributed by atoms with Gasteiger partial charge in [-0.3, -0.25) is 4.79 Å². The van der Waals surface area contributed by atoms with Crippen molar-refractivity contribution in [2.75, 3.05) is 0 Å². The van der Waals surface area contributed by atoms with Gasteiger partial charge < -0.3 is 4.98 Å². The Morgan fingerprint density at radius 3 is 2.81 bits per heavy atom. The lowest BCUT2D eigenvalue weighted by Crippen LogP contribution is -2.08. The van der Waals surface area contributed by atoms with E-state index in [0.29, 0.717) is 15.9 Å². The van der Waals surface area contributed by atoms with Gasteiger partial charge in [-0.1, -0.05) is 11.6 Å². The zero-order valence-corrected chi connectivity index (χ0v) is 10.1. The summed E-state index contributed by atoms with van der Waals surface area (Å²) in [6.07, 6.45) is 1.36.